The molecule has 2 atom stereocenters. The minimum atomic E-state index is -0.349. The molecular weight excluding hydrogens is 331 g/mol. The second kappa shape index (κ2) is 6.56. The number of hydrogen-bond acceptors (Lipinski definition) is 2. The van der Waals surface area contributed by atoms with E-state index in [-0.39, 0.29) is 29.6 Å². The molecule has 0 saturated carbocycles. The summed E-state index contributed by atoms with van der Waals surface area (Å²) in [5.41, 5.74) is 1.49. The molecule has 2 aromatic rings. The van der Waals surface area contributed by atoms with Gasteiger partial charge < -0.3 is 9.80 Å². The fourth-order valence-electron chi connectivity index (χ4n) is 4.08. The molecule has 134 valence electrons. The molecule has 2 aromatic carbocycles. The number of carbonyl (C=O) groups excluding carboxylic acids is 2. The summed E-state index contributed by atoms with van der Waals surface area (Å²) in [6.45, 7) is 0.966. The van der Waals surface area contributed by atoms with Crippen molar-refractivity contribution >= 4 is 11.8 Å². The van der Waals surface area contributed by atoms with Gasteiger partial charge in [0.15, 0.2) is 0 Å². The predicted molar refractivity (Wildman–Crippen MR) is 97.0 cm³/mol. The van der Waals surface area contributed by atoms with Gasteiger partial charge in [0.05, 0.1) is 5.92 Å². The van der Waals surface area contributed by atoms with Gasteiger partial charge in [-0.1, -0.05) is 36.4 Å². The third-order valence-electron chi connectivity index (χ3n) is 5.57. The van der Waals surface area contributed by atoms with E-state index in [0.717, 1.165) is 12.8 Å². The highest BCUT2D eigenvalue weighted by atomic mass is 19.1. The Morgan fingerprint density at radius 2 is 1.69 bits per heavy atom. The van der Waals surface area contributed by atoms with Crippen molar-refractivity contribution in [3.8, 4) is 11.1 Å². The van der Waals surface area contributed by atoms with Crippen LogP contribution in [-0.2, 0) is 4.79 Å². The summed E-state index contributed by atoms with van der Waals surface area (Å²) in [5.74, 6) is -0.496. The Bertz CT molecular complexity index is 867. The van der Waals surface area contributed by atoms with Gasteiger partial charge >= 0.3 is 0 Å². The maximum Gasteiger partial charge on any atom is 0.254 e. The van der Waals surface area contributed by atoms with Gasteiger partial charge in [0.1, 0.15) is 5.82 Å². The van der Waals surface area contributed by atoms with Gasteiger partial charge in [-0.25, -0.2) is 4.39 Å². The lowest BCUT2D eigenvalue weighted by Crippen LogP contribution is -2.45. The van der Waals surface area contributed by atoms with E-state index in [1.165, 1.54) is 6.07 Å². The summed E-state index contributed by atoms with van der Waals surface area (Å²) in [4.78, 5) is 29.2. The molecule has 0 aromatic heterocycles. The molecule has 4 nitrogen and oxygen atoms in total. The number of fused-ring (bicyclic) bond motifs is 4. The van der Waals surface area contributed by atoms with Crippen LogP contribution in [0.1, 0.15) is 23.2 Å². The molecule has 3 heterocycles. The van der Waals surface area contributed by atoms with Crippen LogP contribution in [0, 0.1) is 11.7 Å². The maximum atomic E-state index is 14.3. The smallest absolute Gasteiger partial charge is 0.254 e. The van der Waals surface area contributed by atoms with Crippen molar-refractivity contribution in [3.63, 3.8) is 0 Å². The molecule has 3 aliphatic rings. The number of likely N-dealkylation sites (N-methyl/N-ethyl adjacent to an activating group) is 1. The average molecular weight is 352 g/mol. The lowest BCUT2D eigenvalue weighted by Gasteiger charge is -2.32. The molecular formula is C21H21FN2O2. The first kappa shape index (κ1) is 16.8. The molecule has 0 aliphatic carbocycles. The number of halogens is 1. The van der Waals surface area contributed by atoms with Crippen molar-refractivity contribution in [1.82, 2.24) is 9.80 Å². The van der Waals surface area contributed by atoms with E-state index in [2.05, 4.69) is 0 Å². The maximum absolute atomic E-state index is 14.3. The number of hydrogen-bond donors (Lipinski definition) is 0. The van der Waals surface area contributed by atoms with Gasteiger partial charge in [-0.3, -0.25) is 9.59 Å². The van der Waals surface area contributed by atoms with E-state index < -0.39 is 0 Å². The SMILES string of the molecule is CN1C(=O)[C@@H]2CC[C@H]1CN(C(=O)c1ccccc1-c1ccccc1F)C2. The molecule has 2 bridgehead atoms. The fraction of sp³-hybridized carbons (Fsp3) is 0.333. The lowest BCUT2D eigenvalue weighted by molar-refractivity contribution is -0.138. The van der Waals surface area contributed by atoms with Crippen LogP contribution in [0.2, 0.25) is 0 Å². The van der Waals surface area contributed by atoms with E-state index in [4.69, 9.17) is 0 Å². The van der Waals surface area contributed by atoms with Gasteiger partial charge in [0.2, 0.25) is 5.91 Å². The number of amides is 2. The quantitative estimate of drug-likeness (QED) is 0.833. The van der Waals surface area contributed by atoms with E-state index in [1.807, 2.05) is 13.1 Å². The molecule has 3 saturated heterocycles. The molecule has 0 unspecified atom stereocenters. The number of nitrogens with zero attached hydrogens (tertiary/aromatic N) is 2. The molecule has 26 heavy (non-hydrogen) atoms. The molecule has 3 aliphatic heterocycles. The van der Waals surface area contributed by atoms with Gasteiger partial charge in [-0.2, -0.15) is 0 Å². The normalized spacial score (nSPS) is 22.5. The monoisotopic (exact) mass is 352 g/mol. The van der Waals surface area contributed by atoms with E-state index >= 15 is 0 Å². The van der Waals surface area contributed by atoms with Crippen molar-refractivity contribution in [1.29, 1.82) is 0 Å². The first-order valence-corrected chi connectivity index (χ1v) is 8.96. The Hall–Kier alpha value is -2.69. The Labute approximate surface area is 152 Å². The van der Waals surface area contributed by atoms with Crippen molar-refractivity contribution in [3.05, 3.63) is 59.9 Å². The predicted octanol–water partition coefficient (Wildman–Crippen LogP) is 3.19. The summed E-state index contributed by atoms with van der Waals surface area (Å²) >= 11 is 0. The van der Waals surface area contributed by atoms with Crippen molar-refractivity contribution < 1.29 is 14.0 Å². The molecule has 0 radical (unpaired) electrons. The van der Waals surface area contributed by atoms with E-state index in [0.29, 0.717) is 29.8 Å². The molecule has 5 heteroatoms. The molecule has 5 rings (SSSR count). The topological polar surface area (TPSA) is 40.6 Å². The van der Waals surface area contributed by atoms with Crippen LogP contribution in [0.15, 0.2) is 48.5 Å². The number of piperidine rings is 1. The van der Waals surface area contributed by atoms with Crippen LogP contribution < -0.4 is 0 Å². The summed E-state index contributed by atoms with van der Waals surface area (Å²) in [6.07, 6.45) is 1.75. The second-order valence-corrected chi connectivity index (χ2v) is 7.11. The number of carbonyl (C=O) groups is 2. The highest BCUT2D eigenvalue weighted by Crippen LogP contribution is 2.31. The number of rotatable bonds is 2. The summed E-state index contributed by atoms with van der Waals surface area (Å²) in [7, 11) is 1.82. The highest BCUT2D eigenvalue weighted by molar-refractivity contribution is 6.01. The fourth-order valence-corrected chi connectivity index (χ4v) is 4.08. The lowest BCUT2D eigenvalue weighted by atomic mass is 9.95. The van der Waals surface area contributed by atoms with Crippen LogP contribution in [0.3, 0.4) is 0 Å². The minimum absolute atomic E-state index is 0.0609. The Morgan fingerprint density at radius 3 is 2.46 bits per heavy atom. The van der Waals surface area contributed by atoms with E-state index in [9.17, 15) is 14.0 Å². The van der Waals surface area contributed by atoms with Crippen LogP contribution in [-0.4, -0.2) is 47.8 Å². The molecule has 0 N–H and O–H groups in total. The minimum Gasteiger partial charge on any atom is -0.341 e. The zero-order chi connectivity index (χ0) is 18.3. The standard InChI is InChI=1S/C21H21FN2O2/c1-23-15-11-10-14(20(23)25)12-24(13-15)21(26)18-8-3-2-6-16(18)17-7-4-5-9-19(17)22/h2-9,14-15H,10-13H2,1H3/t14-,15+/m1/s1. The molecule has 2 amide bonds. The Balaban J connectivity index is 1.70. The molecule has 0 spiro atoms. The van der Waals surface area contributed by atoms with Crippen molar-refractivity contribution in [2.24, 2.45) is 5.92 Å². The third kappa shape index (κ3) is 2.77. The van der Waals surface area contributed by atoms with Crippen molar-refractivity contribution in [2.75, 3.05) is 20.1 Å². The van der Waals surface area contributed by atoms with Crippen LogP contribution >= 0.6 is 0 Å². The first-order valence-electron chi connectivity index (χ1n) is 8.96. The summed E-state index contributed by atoms with van der Waals surface area (Å²) in [6, 6.07) is 13.7. The Kier molecular flexibility index (Phi) is 4.23. The third-order valence-corrected chi connectivity index (χ3v) is 5.57. The van der Waals surface area contributed by atoms with Crippen molar-refractivity contribution in [2.45, 2.75) is 18.9 Å². The summed E-state index contributed by atoms with van der Waals surface area (Å²) < 4.78 is 14.3. The highest BCUT2D eigenvalue weighted by Gasteiger charge is 2.40. The Morgan fingerprint density at radius 1 is 1.00 bits per heavy atom. The zero-order valence-electron chi connectivity index (χ0n) is 14.7. The largest absolute Gasteiger partial charge is 0.341 e. The first-order chi connectivity index (χ1) is 12.6. The van der Waals surface area contributed by atoms with E-state index in [1.54, 1.807) is 46.2 Å². The van der Waals surface area contributed by atoms with Crippen LogP contribution in [0.25, 0.3) is 11.1 Å². The van der Waals surface area contributed by atoms with Gasteiger partial charge in [-0.15, -0.1) is 0 Å². The second-order valence-electron chi connectivity index (χ2n) is 7.11. The number of benzene rings is 2. The zero-order valence-corrected chi connectivity index (χ0v) is 14.7. The van der Waals surface area contributed by atoms with Gasteiger partial charge in [0, 0.05) is 37.3 Å². The van der Waals surface area contributed by atoms with Gasteiger partial charge in [-0.05, 0) is 30.5 Å². The molecule has 3 fully saturated rings. The van der Waals surface area contributed by atoms with Gasteiger partial charge in [0.25, 0.3) is 5.91 Å². The van der Waals surface area contributed by atoms with Crippen LogP contribution in [0.5, 0.6) is 0 Å². The summed E-state index contributed by atoms with van der Waals surface area (Å²) in [5, 5.41) is 0. The van der Waals surface area contributed by atoms with Crippen LogP contribution in [0.4, 0.5) is 4.39 Å². The average Bonchev–Trinajstić information content (AvgIpc) is 2.95.